The maximum atomic E-state index is 12.0. The molecule has 0 aromatic heterocycles. The van der Waals surface area contributed by atoms with Gasteiger partial charge in [0.2, 0.25) is 5.91 Å². The van der Waals surface area contributed by atoms with E-state index in [9.17, 15) is 9.59 Å². The molecule has 5 heteroatoms. The third kappa shape index (κ3) is 3.11. The molecule has 0 spiro atoms. The molecule has 1 saturated carbocycles. The molecule has 1 aliphatic heterocycles. The lowest BCUT2D eigenvalue weighted by molar-refractivity contribution is -0.120. The molecule has 3 amide bonds. The number of amides is 3. The highest BCUT2D eigenvalue weighted by atomic mass is 16.2. The molecular formula is C12H21N3O2. The monoisotopic (exact) mass is 239 g/mol. The second-order valence-electron chi connectivity index (χ2n) is 5.29. The summed E-state index contributed by atoms with van der Waals surface area (Å²) >= 11 is 0. The Bertz CT molecular complexity index is 317. The molecule has 2 fully saturated rings. The van der Waals surface area contributed by atoms with Crippen LogP contribution in [0.4, 0.5) is 4.79 Å². The summed E-state index contributed by atoms with van der Waals surface area (Å²) in [6.45, 7) is 6.06. The molecule has 2 aliphatic rings. The minimum atomic E-state index is -0.0188. The van der Waals surface area contributed by atoms with Crippen LogP contribution in [0.3, 0.4) is 0 Å². The predicted octanol–water partition coefficient (Wildman–Crippen LogP) is 0.562. The second kappa shape index (κ2) is 4.94. The molecule has 2 rings (SSSR count). The largest absolute Gasteiger partial charge is 0.354 e. The highest BCUT2D eigenvalue weighted by Crippen LogP contribution is 2.37. The maximum Gasteiger partial charge on any atom is 0.317 e. The van der Waals surface area contributed by atoms with Gasteiger partial charge in [-0.05, 0) is 18.3 Å². The van der Waals surface area contributed by atoms with Gasteiger partial charge in [0, 0.05) is 32.1 Å². The number of nitrogens with zero attached hydrogens (tertiary/aromatic N) is 1. The zero-order chi connectivity index (χ0) is 12.4. The molecule has 0 unspecified atom stereocenters. The fourth-order valence-corrected chi connectivity index (χ4v) is 2.34. The number of carbonyl (C=O) groups is 2. The zero-order valence-electron chi connectivity index (χ0n) is 10.5. The van der Waals surface area contributed by atoms with E-state index in [1.54, 1.807) is 4.90 Å². The van der Waals surface area contributed by atoms with Gasteiger partial charge >= 0.3 is 6.03 Å². The first kappa shape index (κ1) is 12.2. The minimum absolute atomic E-state index is 0.0188. The lowest BCUT2D eigenvalue weighted by atomic mass is 10.1. The van der Waals surface area contributed by atoms with Gasteiger partial charge in [-0.3, -0.25) is 4.79 Å². The standard InChI is InChI=1S/C12H21N3O2/c1-8(2)9-7-10(9)14-12(17)15-5-3-11(16)13-4-6-15/h8-10H,3-7H2,1-2H3,(H,13,16)(H,14,17)/t9-,10+/m1/s1. The van der Waals surface area contributed by atoms with Crippen molar-refractivity contribution in [2.45, 2.75) is 32.7 Å². The van der Waals surface area contributed by atoms with Crippen LogP contribution in [0.5, 0.6) is 0 Å². The van der Waals surface area contributed by atoms with Crippen LogP contribution < -0.4 is 10.6 Å². The lowest BCUT2D eigenvalue weighted by Crippen LogP contribution is -2.43. The Labute approximate surface area is 102 Å². The van der Waals surface area contributed by atoms with E-state index in [2.05, 4.69) is 24.5 Å². The van der Waals surface area contributed by atoms with Gasteiger partial charge in [0.1, 0.15) is 0 Å². The molecule has 17 heavy (non-hydrogen) atoms. The number of urea groups is 1. The molecule has 5 nitrogen and oxygen atoms in total. The van der Waals surface area contributed by atoms with Crippen LogP contribution in [0.1, 0.15) is 26.7 Å². The van der Waals surface area contributed by atoms with Crippen molar-refractivity contribution in [3.8, 4) is 0 Å². The number of hydrogen-bond acceptors (Lipinski definition) is 2. The van der Waals surface area contributed by atoms with Crippen molar-refractivity contribution in [3.63, 3.8) is 0 Å². The van der Waals surface area contributed by atoms with E-state index < -0.39 is 0 Å². The van der Waals surface area contributed by atoms with Crippen LogP contribution in [-0.2, 0) is 4.79 Å². The van der Waals surface area contributed by atoms with Gasteiger partial charge in [0.05, 0.1) is 0 Å². The summed E-state index contributed by atoms with van der Waals surface area (Å²) in [5, 5.41) is 5.81. The summed E-state index contributed by atoms with van der Waals surface area (Å²) in [5.74, 6) is 1.30. The van der Waals surface area contributed by atoms with Crippen molar-refractivity contribution in [2.75, 3.05) is 19.6 Å². The van der Waals surface area contributed by atoms with Crippen LogP contribution in [0.2, 0.25) is 0 Å². The van der Waals surface area contributed by atoms with Crippen LogP contribution in [-0.4, -0.2) is 42.5 Å². The first-order chi connectivity index (χ1) is 8.08. The Balaban J connectivity index is 1.78. The predicted molar refractivity (Wildman–Crippen MR) is 64.5 cm³/mol. The van der Waals surface area contributed by atoms with Gasteiger partial charge < -0.3 is 15.5 Å². The van der Waals surface area contributed by atoms with E-state index in [0.717, 1.165) is 6.42 Å². The minimum Gasteiger partial charge on any atom is -0.354 e. The molecule has 0 bridgehead atoms. The van der Waals surface area contributed by atoms with Gasteiger partial charge in [-0.25, -0.2) is 4.79 Å². The molecule has 1 heterocycles. The summed E-state index contributed by atoms with van der Waals surface area (Å²) < 4.78 is 0. The second-order valence-corrected chi connectivity index (χ2v) is 5.29. The smallest absolute Gasteiger partial charge is 0.317 e. The maximum absolute atomic E-state index is 12.0. The number of rotatable bonds is 2. The summed E-state index contributed by atoms with van der Waals surface area (Å²) in [4.78, 5) is 24.8. The first-order valence-corrected chi connectivity index (χ1v) is 6.40. The Morgan fingerprint density at radius 3 is 2.88 bits per heavy atom. The molecule has 1 aliphatic carbocycles. The quantitative estimate of drug-likeness (QED) is 0.739. The molecular weight excluding hydrogens is 218 g/mol. The van der Waals surface area contributed by atoms with Gasteiger partial charge in [0.25, 0.3) is 0 Å². The summed E-state index contributed by atoms with van der Waals surface area (Å²) in [5.41, 5.74) is 0. The fraction of sp³-hybridized carbons (Fsp3) is 0.833. The van der Waals surface area contributed by atoms with E-state index in [1.165, 1.54) is 0 Å². The fourth-order valence-electron chi connectivity index (χ4n) is 2.34. The zero-order valence-corrected chi connectivity index (χ0v) is 10.5. The summed E-state index contributed by atoms with van der Waals surface area (Å²) in [6, 6.07) is 0.323. The van der Waals surface area contributed by atoms with Crippen molar-refractivity contribution in [1.29, 1.82) is 0 Å². The van der Waals surface area contributed by atoms with E-state index >= 15 is 0 Å². The molecule has 0 aromatic carbocycles. The number of nitrogens with one attached hydrogen (secondary N) is 2. The van der Waals surface area contributed by atoms with E-state index in [-0.39, 0.29) is 11.9 Å². The molecule has 0 radical (unpaired) electrons. The Kier molecular flexibility index (Phi) is 3.54. The van der Waals surface area contributed by atoms with Gasteiger partial charge in [0.15, 0.2) is 0 Å². The SMILES string of the molecule is CC(C)[C@H]1C[C@@H]1NC(=O)N1CCNC(=O)CC1. The molecule has 2 atom stereocenters. The van der Waals surface area contributed by atoms with Crippen molar-refractivity contribution in [3.05, 3.63) is 0 Å². The van der Waals surface area contributed by atoms with Crippen molar-refractivity contribution < 1.29 is 9.59 Å². The summed E-state index contributed by atoms with van der Waals surface area (Å²) in [6.07, 6.45) is 1.50. The van der Waals surface area contributed by atoms with E-state index in [0.29, 0.717) is 43.9 Å². The van der Waals surface area contributed by atoms with Gasteiger partial charge in [-0.15, -0.1) is 0 Å². The molecule has 96 valence electrons. The van der Waals surface area contributed by atoms with Crippen LogP contribution in [0.25, 0.3) is 0 Å². The summed E-state index contributed by atoms with van der Waals surface area (Å²) in [7, 11) is 0. The Morgan fingerprint density at radius 1 is 1.47 bits per heavy atom. The van der Waals surface area contributed by atoms with E-state index in [4.69, 9.17) is 0 Å². The van der Waals surface area contributed by atoms with Crippen LogP contribution >= 0.6 is 0 Å². The van der Waals surface area contributed by atoms with Crippen molar-refractivity contribution in [1.82, 2.24) is 15.5 Å². The topological polar surface area (TPSA) is 61.4 Å². The van der Waals surface area contributed by atoms with Crippen LogP contribution in [0.15, 0.2) is 0 Å². The van der Waals surface area contributed by atoms with Crippen molar-refractivity contribution in [2.24, 2.45) is 11.8 Å². The van der Waals surface area contributed by atoms with Gasteiger partial charge in [-0.2, -0.15) is 0 Å². The molecule has 2 N–H and O–H groups in total. The average Bonchev–Trinajstić information content (AvgIpc) is 3.02. The number of carbonyl (C=O) groups excluding carboxylic acids is 2. The van der Waals surface area contributed by atoms with E-state index in [1.807, 2.05) is 0 Å². The van der Waals surface area contributed by atoms with Crippen LogP contribution in [0, 0.1) is 11.8 Å². The first-order valence-electron chi connectivity index (χ1n) is 6.40. The van der Waals surface area contributed by atoms with Crippen molar-refractivity contribution >= 4 is 11.9 Å². The molecule has 1 saturated heterocycles. The highest BCUT2D eigenvalue weighted by Gasteiger charge is 2.40. The molecule has 0 aromatic rings. The van der Waals surface area contributed by atoms with Gasteiger partial charge in [-0.1, -0.05) is 13.8 Å². The highest BCUT2D eigenvalue weighted by molar-refractivity contribution is 5.79. The Hall–Kier alpha value is -1.26. The third-order valence-corrected chi connectivity index (χ3v) is 3.60. The average molecular weight is 239 g/mol. The normalized spacial score (nSPS) is 28.6. The Morgan fingerprint density at radius 2 is 2.24 bits per heavy atom. The third-order valence-electron chi connectivity index (χ3n) is 3.60. The lowest BCUT2D eigenvalue weighted by Gasteiger charge is -2.20. The number of hydrogen-bond donors (Lipinski definition) is 2.